The first-order valence-electron chi connectivity index (χ1n) is 5.16. The molecular weight excluding hydrogens is 217 g/mol. The van der Waals surface area contributed by atoms with Crippen LogP contribution in [0.5, 0.6) is 0 Å². The van der Waals surface area contributed by atoms with Crippen molar-refractivity contribution < 1.29 is 18.3 Å². The van der Waals surface area contributed by atoms with E-state index < -0.39 is 17.8 Å². The molecule has 0 unspecified atom stereocenters. The Morgan fingerprint density at radius 1 is 1.12 bits per heavy atom. The van der Waals surface area contributed by atoms with Gasteiger partial charge >= 0.3 is 6.18 Å². The van der Waals surface area contributed by atoms with Crippen molar-refractivity contribution in [3.8, 4) is 0 Å². The van der Waals surface area contributed by atoms with Crippen LogP contribution in [0.3, 0.4) is 0 Å². The molecule has 1 aromatic carbocycles. The van der Waals surface area contributed by atoms with Crippen molar-refractivity contribution in [2.45, 2.75) is 32.5 Å². The third-order valence-electron chi connectivity index (χ3n) is 2.32. The lowest BCUT2D eigenvalue weighted by atomic mass is 9.99. The molecule has 0 radical (unpaired) electrons. The van der Waals surface area contributed by atoms with Gasteiger partial charge in [0.15, 0.2) is 0 Å². The van der Waals surface area contributed by atoms with E-state index in [1.54, 1.807) is 0 Å². The second kappa shape index (κ2) is 4.87. The second-order valence-corrected chi connectivity index (χ2v) is 4.27. The molecule has 16 heavy (non-hydrogen) atoms. The molecule has 0 aliphatic rings. The molecule has 0 spiro atoms. The van der Waals surface area contributed by atoms with Crippen molar-refractivity contribution in [3.05, 3.63) is 35.4 Å². The van der Waals surface area contributed by atoms with Crippen LogP contribution in [0.25, 0.3) is 0 Å². The average Bonchev–Trinajstić information content (AvgIpc) is 2.15. The van der Waals surface area contributed by atoms with Gasteiger partial charge in [-0.15, -0.1) is 0 Å². The van der Waals surface area contributed by atoms with Crippen LogP contribution in [0.2, 0.25) is 0 Å². The molecule has 0 aliphatic heterocycles. The van der Waals surface area contributed by atoms with Crippen molar-refractivity contribution in [1.82, 2.24) is 0 Å². The van der Waals surface area contributed by atoms with E-state index in [2.05, 4.69) is 0 Å². The van der Waals surface area contributed by atoms with Crippen LogP contribution in [0, 0.1) is 5.92 Å². The monoisotopic (exact) mass is 232 g/mol. The highest BCUT2D eigenvalue weighted by Gasteiger charge is 2.30. The highest BCUT2D eigenvalue weighted by Crippen LogP contribution is 2.30. The molecule has 1 rings (SSSR count). The van der Waals surface area contributed by atoms with E-state index in [1.807, 2.05) is 13.8 Å². The van der Waals surface area contributed by atoms with Crippen molar-refractivity contribution in [3.63, 3.8) is 0 Å². The fraction of sp³-hybridized carbons (Fsp3) is 0.500. The van der Waals surface area contributed by atoms with Crippen LogP contribution in [0.1, 0.15) is 37.5 Å². The maximum absolute atomic E-state index is 12.3. The summed E-state index contributed by atoms with van der Waals surface area (Å²) < 4.78 is 36.8. The first-order valence-corrected chi connectivity index (χ1v) is 5.16. The largest absolute Gasteiger partial charge is 0.416 e. The number of hydrogen-bond donors (Lipinski definition) is 1. The van der Waals surface area contributed by atoms with Gasteiger partial charge in [-0.25, -0.2) is 0 Å². The van der Waals surface area contributed by atoms with Gasteiger partial charge in [-0.1, -0.05) is 26.0 Å². The minimum absolute atomic E-state index is 0.303. The summed E-state index contributed by atoms with van der Waals surface area (Å²) in [4.78, 5) is 0. The molecule has 0 heterocycles. The Balaban J connectivity index is 2.79. The Labute approximate surface area is 92.9 Å². The smallest absolute Gasteiger partial charge is 0.388 e. The van der Waals surface area contributed by atoms with E-state index in [-0.39, 0.29) is 0 Å². The summed E-state index contributed by atoms with van der Waals surface area (Å²) in [6.07, 6.45) is -4.46. The highest BCUT2D eigenvalue weighted by molar-refractivity contribution is 5.25. The second-order valence-electron chi connectivity index (χ2n) is 4.27. The number of halogens is 3. The molecule has 0 amide bonds. The Hall–Kier alpha value is -1.03. The van der Waals surface area contributed by atoms with Crippen molar-refractivity contribution >= 4 is 0 Å². The zero-order valence-electron chi connectivity index (χ0n) is 9.25. The van der Waals surface area contributed by atoms with E-state index in [9.17, 15) is 18.3 Å². The molecule has 1 atom stereocenters. The summed E-state index contributed by atoms with van der Waals surface area (Å²) in [5.41, 5.74) is -0.158. The lowest BCUT2D eigenvalue weighted by molar-refractivity contribution is -0.137. The van der Waals surface area contributed by atoms with Gasteiger partial charge in [0, 0.05) is 0 Å². The molecule has 1 nitrogen and oxygen atoms in total. The fourth-order valence-electron chi connectivity index (χ4n) is 1.48. The predicted molar refractivity (Wildman–Crippen MR) is 55.9 cm³/mol. The van der Waals surface area contributed by atoms with Crippen molar-refractivity contribution in [2.75, 3.05) is 0 Å². The van der Waals surface area contributed by atoms with Crippen LogP contribution in [-0.2, 0) is 6.18 Å². The Kier molecular flexibility index (Phi) is 3.97. The topological polar surface area (TPSA) is 20.2 Å². The fourth-order valence-corrected chi connectivity index (χ4v) is 1.48. The zero-order chi connectivity index (χ0) is 12.3. The number of alkyl halides is 3. The summed E-state index contributed by atoms with van der Waals surface area (Å²) in [5, 5.41) is 9.70. The number of aliphatic hydroxyl groups is 1. The van der Waals surface area contributed by atoms with Crippen molar-refractivity contribution in [2.24, 2.45) is 5.92 Å². The minimum Gasteiger partial charge on any atom is -0.388 e. The molecular formula is C12H15F3O. The maximum atomic E-state index is 12.3. The summed E-state index contributed by atoms with van der Waals surface area (Å²) in [5.74, 6) is 0.303. The van der Waals surface area contributed by atoms with Gasteiger partial charge in [0.25, 0.3) is 0 Å². The van der Waals surface area contributed by atoms with Crippen LogP contribution in [-0.4, -0.2) is 5.11 Å². The van der Waals surface area contributed by atoms with Gasteiger partial charge in [0.2, 0.25) is 0 Å². The van der Waals surface area contributed by atoms with Gasteiger partial charge in [-0.05, 0) is 30.0 Å². The van der Waals surface area contributed by atoms with Gasteiger partial charge in [0.05, 0.1) is 11.7 Å². The van der Waals surface area contributed by atoms with Crippen LogP contribution in [0.15, 0.2) is 24.3 Å². The number of rotatable bonds is 3. The van der Waals surface area contributed by atoms with Gasteiger partial charge < -0.3 is 5.11 Å². The summed E-state index contributed by atoms with van der Waals surface area (Å²) >= 11 is 0. The predicted octanol–water partition coefficient (Wildman–Crippen LogP) is 3.78. The molecule has 0 aliphatic carbocycles. The summed E-state index contributed by atoms with van der Waals surface area (Å²) in [6.45, 7) is 3.90. The molecule has 1 aromatic rings. The number of hydrogen-bond acceptors (Lipinski definition) is 1. The SMILES string of the molecule is CC(C)C[C@H](O)c1ccc(C(F)(F)F)cc1. The molecule has 4 heteroatoms. The van der Waals surface area contributed by atoms with E-state index in [0.29, 0.717) is 17.9 Å². The third-order valence-corrected chi connectivity index (χ3v) is 2.32. The van der Waals surface area contributed by atoms with Crippen LogP contribution >= 0.6 is 0 Å². The Morgan fingerprint density at radius 2 is 1.62 bits per heavy atom. The quantitative estimate of drug-likeness (QED) is 0.840. The number of aliphatic hydroxyl groups excluding tert-OH is 1. The van der Waals surface area contributed by atoms with E-state index in [1.165, 1.54) is 12.1 Å². The van der Waals surface area contributed by atoms with Crippen LogP contribution < -0.4 is 0 Å². The molecule has 0 fully saturated rings. The molecule has 0 saturated heterocycles. The Morgan fingerprint density at radius 3 is 2.00 bits per heavy atom. The standard InChI is InChI=1S/C12H15F3O/c1-8(2)7-11(16)9-3-5-10(6-4-9)12(13,14)15/h3-6,8,11,16H,7H2,1-2H3/t11-/m0/s1. The van der Waals surface area contributed by atoms with E-state index in [0.717, 1.165) is 12.1 Å². The molecule has 0 saturated carbocycles. The van der Waals surface area contributed by atoms with Gasteiger partial charge in [-0.3, -0.25) is 0 Å². The zero-order valence-corrected chi connectivity index (χ0v) is 9.25. The van der Waals surface area contributed by atoms with Gasteiger partial charge in [0.1, 0.15) is 0 Å². The normalized spacial score (nSPS) is 14.2. The number of benzene rings is 1. The van der Waals surface area contributed by atoms with Crippen LogP contribution in [0.4, 0.5) is 13.2 Å². The lowest BCUT2D eigenvalue weighted by Gasteiger charge is -2.14. The maximum Gasteiger partial charge on any atom is 0.416 e. The first kappa shape index (κ1) is 13.0. The lowest BCUT2D eigenvalue weighted by Crippen LogP contribution is -2.06. The third kappa shape index (κ3) is 3.52. The summed E-state index contributed by atoms with van der Waals surface area (Å²) in [7, 11) is 0. The minimum atomic E-state index is -4.32. The average molecular weight is 232 g/mol. The molecule has 1 N–H and O–H groups in total. The van der Waals surface area contributed by atoms with Crippen molar-refractivity contribution in [1.29, 1.82) is 0 Å². The highest BCUT2D eigenvalue weighted by atomic mass is 19.4. The summed E-state index contributed by atoms with van der Waals surface area (Å²) in [6, 6.07) is 4.66. The molecule has 0 bridgehead atoms. The van der Waals surface area contributed by atoms with Gasteiger partial charge in [-0.2, -0.15) is 13.2 Å². The first-order chi connectivity index (χ1) is 7.30. The van der Waals surface area contributed by atoms with E-state index >= 15 is 0 Å². The molecule has 90 valence electrons. The molecule has 0 aromatic heterocycles. The Bertz CT molecular complexity index is 327. The van der Waals surface area contributed by atoms with E-state index in [4.69, 9.17) is 0 Å².